The summed E-state index contributed by atoms with van der Waals surface area (Å²) in [5.41, 5.74) is 3.11. The Morgan fingerprint density at radius 3 is 2.55 bits per heavy atom. The fourth-order valence-corrected chi connectivity index (χ4v) is 3.71. The average molecular weight is 399 g/mol. The summed E-state index contributed by atoms with van der Waals surface area (Å²) < 4.78 is 10.8. The lowest BCUT2D eigenvalue weighted by atomic mass is 10.0. The highest BCUT2D eigenvalue weighted by Gasteiger charge is 2.25. The number of amides is 1. The largest absolute Gasteiger partial charge is 0.497 e. The summed E-state index contributed by atoms with van der Waals surface area (Å²) >= 11 is 0. The second-order valence-electron chi connectivity index (χ2n) is 7.20. The molecule has 2 aromatic rings. The van der Waals surface area contributed by atoms with Crippen molar-refractivity contribution in [1.82, 2.24) is 14.9 Å². The van der Waals surface area contributed by atoms with Crippen LogP contribution in [-0.2, 0) is 22.6 Å². The molecule has 29 heavy (non-hydrogen) atoms. The topological polar surface area (TPSA) is 67.8 Å². The van der Waals surface area contributed by atoms with E-state index in [1.807, 2.05) is 36.9 Å². The predicted octanol–water partition coefficient (Wildman–Crippen LogP) is 2.59. The van der Waals surface area contributed by atoms with Gasteiger partial charge in [0.2, 0.25) is 5.91 Å². The van der Waals surface area contributed by atoms with Crippen molar-refractivity contribution in [2.45, 2.75) is 33.3 Å². The van der Waals surface area contributed by atoms with Crippen LogP contribution in [0.15, 0.2) is 24.3 Å². The van der Waals surface area contributed by atoms with E-state index in [9.17, 15) is 4.79 Å². The third-order valence-corrected chi connectivity index (χ3v) is 5.21. The first-order valence-electron chi connectivity index (χ1n) is 10.1. The van der Waals surface area contributed by atoms with E-state index in [4.69, 9.17) is 14.5 Å². The van der Waals surface area contributed by atoms with Crippen LogP contribution in [0, 0.1) is 6.92 Å². The Hall–Kier alpha value is -2.67. The summed E-state index contributed by atoms with van der Waals surface area (Å²) in [7, 11) is 3.36. The van der Waals surface area contributed by atoms with E-state index in [2.05, 4.69) is 16.0 Å². The van der Waals surface area contributed by atoms with Crippen LogP contribution < -0.4 is 9.64 Å². The van der Waals surface area contributed by atoms with Crippen molar-refractivity contribution in [3.63, 3.8) is 0 Å². The van der Waals surface area contributed by atoms with E-state index < -0.39 is 0 Å². The van der Waals surface area contributed by atoms with Gasteiger partial charge in [-0.3, -0.25) is 4.79 Å². The molecule has 1 aromatic carbocycles. The van der Waals surface area contributed by atoms with Gasteiger partial charge in [0.25, 0.3) is 0 Å². The number of ether oxygens (including phenoxy) is 2. The van der Waals surface area contributed by atoms with E-state index in [-0.39, 0.29) is 5.91 Å². The van der Waals surface area contributed by atoms with Crippen LogP contribution in [0.5, 0.6) is 5.75 Å². The standard InChI is InChI=1S/C22H30N4O3/c1-5-21(27)25-9-11-26(12-10-25)22-19(20(15-28-3)23-16(2)24-22)14-17-7-6-8-18(13-17)29-4/h6-8,13H,5,9-12,14-15H2,1-4H3. The number of piperazine rings is 1. The fraction of sp³-hybridized carbons (Fsp3) is 0.500. The van der Waals surface area contributed by atoms with Crippen molar-refractivity contribution < 1.29 is 14.3 Å². The molecule has 3 rings (SSSR count). The lowest BCUT2D eigenvalue weighted by Crippen LogP contribution is -2.49. The lowest BCUT2D eigenvalue weighted by Gasteiger charge is -2.36. The van der Waals surface area contributed by atoms with Crippen LogP contribution in [0.3, 0.4) is 0 Å². The molecule has 1 aliphatic heterocycles. The number of carbonyl (C=O) groups is 1. The fourth-order valence-electron chi connectivity index (χ4n) is 3.71. The van der Waals surface area contributed by atoms with Crippen LogP contribution in [0.2, 0.25) is 0 Å². The van der Waals surface area contributed by atoms with Gasteiger partial charge in [-0.1, -0.05) is 19.1 Å². The van der Waals surface area contributed by atoms with Gasteiger partial charge < -0.3 is 19.3 Å². The molecule has 0 aliphatic carbocycles. The molecule has 0 atom stereocenters. The van der Waals surface area contributed by atoms with Gasteiger partial charge in [0.15, 0.2) is 0 Å². The minimum Gasteiger partial charge on any atom is -0.497 e. The van der Waals surface area contributed by atoms with Crippen LogP contribution in [0.4, 0.5) is 5.82 Å². The van der Waals surface area contributed by atoms with Crippen molar-refractivity contribution >= 4 is 11.7 Å². The number of hydrogen-bond donors (Lipinski definition) is 0. The number of aryl methyl sites for hydroxylation is 1. The summed E-state index contributed by atoms with van der Waals surface area (Å²) in [6.07, 6.45) is 1.24. The number of methoxy groups -OCH3 is 2. The van der Waals surface area contributed by atoms with Crippen LogP contribution in [-0.4, -0.2) is 61.2 Å². The van der Waals surface area contributed by atoms with Gasteiger partial charge in [-0.2, -0.15) is 0 Å². The van der Waals surface area contributed by atoms with E-state index in [1.54, 1.807) is 14.2 Å². The minimum atomic E-state index is 0.209. The Bertz CT molecular complexity index is 848. The van der Waals surface area contributed by atoms with Crippen molar-refractivity contribution in [3.8, 4) is 5.75 Å². The smallest absolute Gasteiger partial charge is 0.222 e. The Kier molecular flexibility index (Phi) is 7.04. The van der Waals surface area contributed by atoms with Crippen LogP contribution in [0.25, 0.3) is 0 Å². The molecule has 1 saturated heterocycles. The Labute approximate surface area is 172 Å². The number of rotatable bonds is 7. The molecule has 0 saturated carbocycles. The molecule has 7 heteroatoms. The third kappa shape index (κ3) is 5.03. The number of nitrogens with zero attached hydrogens (tertiary/aromatic N) is 4. The molecule has 0 bridgehead atoms. The molecule has 1 fully saturated rings. The number of hydrogen-bond acceptors (Lipinski definition) is 6. The second kappa shape index (κ2) is 9.69. The van der Waals surface area contributed by atoms with Gasteiger partial charge >= 0.3 is 0 Å². The molecule has 2 heterocycles. The van der Waals surface area contributed by atoms with Gasteiger partial charge in [0, 0.05) is 51.7 Å². The molecule has 0 radical (unpaired) electrons. The number of aromatic nitrogens is 2. The van der Waals surface area contributed by atoms with E-state index >= 15 is 0 Å². The summed E-state index contributed by atoms with van der Waals surface area (Å²) in [5, 5.41) is 0. The predicted molar refractivity (Wildman–Crippen MR) is 112 cm³/mol. The average Bonchev–Trinajstić information content (AvgIpc) is 2.75. The van der Waals surface area contributed by atoms with E-state index in [0.29, 0.717) is 32.5 Å². The van der Waals surface area contributed by atoms with Crippen molar-refractivity contribution in [1.29, 1.82) is 0 Å². The normalized spacial score (nSPS) is 14.2. The highest BCUT2D eigenvalue weighted by molar-refractivity contribution is 5.76. The Balaban J connectivity index is 1.92. The molecule has 1 aliphatic rings. The Morgan fingerprint density at radius 2 is 1.90 bits per heavy atom. The number of carbonyl (C=O) groups excluding carboxylic acids is 1. The zero-order valence-electron chi connectivity index (χ0n) is 17.8. The summed E-state index contributed by atoms with van der Waals surface area (Å²) in [6.45, 7) is 7.21. The maximum Gasteiger partial charge on any atom is 0.222 e. The number of benzene rings is 1. The van der Waals surface area contributed by atoms with E-state index in [1.165, 1.54) is 0 Å². The van der Waals surface area contributed by atoms with Gasteiger partial charge in [-0.25, -0.2) is 9.97 Å². The Morgan fingerprint density at radius 1 is 1.14 bits per heavy atom. The molecule has 1 aromatic heterocycles. The van der Waals surface area contributed by atoms with Gasteiger partial charge in [0.05, 0.1) is 19.4 Å². The van der Waals surface area contributed by atoms with Crippen molar-refractivity contribution in [3.05, 3.63) is 46.9 Å². The zero-order valence-corrected chi connectivity index (χ0v) is 17.8. The second-order valence-corrected chi connectivity index (χ2v) is 7.20. The molecular weight excluding hydrogens is 368 g/mol. The zero-order chi connectivity index (χ0) is 20.8. The van der Waals surface area contributed by atoms with Crippen LogP contribution in [0.1, 0.15) is 36.0 Å². The highest BCUT2D eigenvalue weighted by atomic mass is 16.5. The molecular formula is C22H30N4O3. The molecule has 7 nitrogen and oxygen atoms in total. The first kappa shape index (κ1) is 21.0. The van der Waals surface area contributed by atoms with Crippen molar-refractivity contribution in [2.75, 3.05) is 45.3 Å². The molecule has 0 N–H and O–H groups in total. The quantitative estimate of drug-likeness (QED) is 0.714. The first-order chi connectivity index (χ1) is 14.0. The minimum absolute atomic E-state index is 0.209. The summed E-state index contributed by atoms with van der Waals surface area (Å²) in [5.74, 6) is 2.71. The first-order valence-corrected chi connectivity index (χ1v) is 10.1. The molecule has 156 valence electrons. The lowest BCUT2D eigenvalue weighted by molar-refractivity contribution is -0.131. The maximum absolute atomic E-state index is 12.0. The molecule has 0 unspecified atom stereocenters. The van der Waals surface area contributed by atoms with Gasteiger partial charge in [-0.15, -0.1) is 0 Å². The molecule has 1 amide bonds. The van der Waals surface area contributed by atoms with Crippen LogP contribution >= 0.6 is 0 Å². The van der Waals surface area contributed by atoms with E-state index in [0.717, 1.165) is 47.3 Å². The number of anilines is 1. The summed E-state index contributed by atoms with van der Waals surface area (Å²) in [6, 6.07) is 8.06. The maximum atomic E-state index is 12.0. The molecule has 0 spiro atoms. The monoisotopic (exact) mass is 398 g/mol. The third-order valence-electron chi connectivity index (χ3n) is 5.21. The summed E-state index contributed by atoms with van der Waals surface area (Å²) in [4.78, 5) is 25.7. The highest BCUT2D eigenvalue weighted by Crippen LogP contribution is 2.27. The van der Waals surface area contributed by atoms with Gasteiger partial charge in [-0.05, 0) is 24.6 Å². The van der Waals surface area contributed by atoms with Gasteiger partial charge in [0.1, 0.15) is 17.4 Å². The SMILES string of the molecule is CCC(=O)N1CCN(c2nc(C)nc(COC)c2Cc2cccc(OC)c2)CC1. The van der Waals surface area contributed by atoms with Crippen molar-refractivity contribution in [2.24, 2.45) is 0 Å².